The molecule has 0 saturated carbocycles. The molecule has 3 N–H and O–H groups in total. The Kier molecular flexibility index (Phi) is 8.39. The van der Waals surface area contributed by atoms with Crippen LogP contribution in [0.25, 0.3) is 22.2 Å². The number of hydrogen-bond acceptors (Lipinski definition) is 8. The van der Waals surface area contributed by atoms with Crippen LogP contribution in [0.4, 0.5) is 16.0 Å². The van der Waals surface area contributed by atoms with E-state index in [0.29, 0.717) is 29.3 Å². The number of anilines is 2. The van der Waals surface area contributed by atoms with Crippen LogP contribution in [0.15, 0.2) is 55.1 Å². The van der Waals surface area contributed by atoms with Crippen molar-refractivity contribution < 1.29 is 9.18 Å². The van der Waals surface area contributed by atoms with Crippen molar-refractivity contribution in [3.63, 3.8) is 0 Å². The second-order valence-electron chi connectivity index (χ2n) is 11.0. The summed E-state index contributed by atoms with van der Waals surface area (Å²) in [7, 11) is 3.65. The number of piperidine rings is 1. The van der Waals surface area contributed by atoms with E-state index in [0.717, 1.165) is 61.2 Å². The van der Waals surface area contributed by atoms with Gasteiger partial charge in [0.05, 0.1) is 23.0 Å². The first-order chi connectivity index (χ1) is 19.8. The summed E-state index contributed by atoms with van der Waals surface area (Å²) in [4.78, 5) is 32.7. The number of nitrogens with one attached hydrogen (secondary N) is 3. The lowest BCUT2D eigenvalue weighted by atomic mass is 9.78. The van der Waals surface area contributed by atoms with E-state index in [-0.39, 0.29) is 11.0 Å². The van der Waals surface area contributed by atoms with Gasteiger partial charge >= 0.3 is 0 Å². The zero-order chi connectivity index (χ0) is 29.0. The average molecular weight is 557 g/mol. The molecule has 3 aromatic heterocycles. The van der Waals surface area contributed by atoms with Crippen molar-refractivity contribution in [3.8, 4) is 11.3 Å². The Morgan fingerprint density at radius 3 is 2.59 bits per heavy atom. The van der Waals surface area contributed by atoms with Crippen LogP contribution in [0, 0.1) is 5.82 Å². The molecular formula is C31H37FN8O. The fourth-order valence-corrected chi connectivity index (χ4v) is 5.34. The predicted molar refractivity (Wildman–Crippen MR) is 161 cm³/mol. The Hall–Kier alpha value is -4.18. The highest BCUT2D eigenvalue weighted by molar-refractivity contribution is 6.06. The van der Waals surface area contributed by atoms with Crippen LogP contribution in [-0.4, -0.2) is 70.5 Å². The van der Waals surface area contributed by atoms with Crippen molar-refractivity contribution in [2.45, 2.75) is 44.6 Å². The monoisotopic (exact) mass is 556 g/mol. The fraction of sp³-hybridized carbons (Fsp3) is 0.387. The fourth-order valence-electron chi connectivity index (χ4n) is 5.34. The van der Waals surface area contributed by atoms with Crippen molar-refractivity contribution in [3.05, 3.63) is 72.1 Å². The molecule has 1 fully saturated rings. The van der Waals surface area contributed by atoms with E-state index in [2.05, 4.69) is 61.7 Å². The third-order valence-corrected chi connectivity index (χ3v) is 8.19. The minimum Gasteiger partial charge on any atom is -0.369 e. The van der Waals surface area contributed by atoms with E-state index in [1.807, 2.05) is 36.5 Å². The highest BCUT2D eigenvalue weighted by Gasteiger charge is 2.29. The van der Waals surface area contributed by atoms with Crippen LogP contribution in [-0.2, 0) is 5.41 Å². The number of aromatic nitrogens is 4. The number of nitrogens with zero attached hydrogens (tertiary/aromatic N) is 5. The van der Waals surface area contributed by atoms with Gasteiger partial charge in [0.25, 0.3) is 5.91 Å². The van der Waals surface area contributed by atoms with Crippen LogP contribution >= 0.6 is 0 Å². The molecule has 0 radical (unpaired) electrons. The van der Waals surface area contributed by atoms with E-state index in [9.17, 15) is 9.18 Å². The van der Waals surface area contributed by atoms with Gasteiger partial charge in [-0.15, -0.1) is 0 Å². The number of likely N-dealkylation sites (tertiary alicyclic amines) is 1. The number of para-hydroxylation sites is 1. The maximum atomic E-state index is 14.6. The Morgan fingerprint density at radius 2 is 1.88 bits per heavy atom. The number of rotatable bonds is 9. The third-order valence-electron chi connectivity index (χ3n) is 8.19. The van der Waals surface area contributed by atoms with Crippen molar-refractivity contribution >= 4 is 28.4 Å². The van der Waals surface area contributed by atoms with E-state index < -0.39 is 11.7 Å². The van der Waals surface area contributed by atoms with Gasteiger partial charge in [-0.2, -0.15) is 0 Å². The zero-order valence-electron chi connectivity index (χ0n) is 24.0. The van der Waals surface area contributed by atoms with Crippen LogP contribution < -0.4 is 16.0 Å². The summed E-state index contributed by atoms with van der Waals surface area (Å²) >= 11 is 0. The van der Waals surface area contributed by atoms with E-state index in [4.69, 9.17) is 0 Å². The van der Waals surface area contributed by atoms with Gasteiger partial charge in [0.1, 0.15) is 18.0 Å². The molecule has 1 atom stereocenters. The number of pyridine rings is 2. The third kappa shape index (κ3) is 6.12. The Labute approximate surface area is 240 Å². The van der Waals surface area contributed by atoms with Crippen molar-refractivity contribution in [2.24, 2.45) is 0 Å². The number of hydrogen-bond donors (Lipinski definition) is 3. The summed E-state index contributed by atoms with van der Waals surface area (Å²) < 4.78 is 14.6. The summed E-state index contributed by atoms with van der Waals surface area (Å²) in [5, 5.41) is 10.0. The summed E-state index contributed by atoms with van der Waals surface area (Å²) in [5.74, 6) is 0.446. The first-order valence-corrected chi connectivity index (χ1v) is 14.1. The minimum atomic E-state index is -0.640. The summed E-state index contributed by atoms with van der Waals surface area (Å²) in [6.07, 6.45) is 7.51. The summed E-state index contributed by atoms with van der Waals surface area (Å²) in [6.45, 7) is 6.96. The standard InChI is InChI=1S/C31H37FN8O/c1-5-31(2,23-8-6-7-22-28(30(41)33-3)24(32)17-35-29(22)23)18-36-27-15-25(37-19-38-27)20-9-10-26(34-16-20)39-21-11-13-40(4)14-12-21/h6-10,15-17,19,21H,5,11-14,18H2,1-4H3,(H,33,41)(H,34,39)(H,36,37,38)/t31-/m0/s1. The Morgan fingerprint density at radius 1 is 1.07 bits per heavy atom. The van der Waals surface area contributed by atoms with Gasteiger partial charge in [-0.25, -0.2) is 19.3 Å². The Bertz CT molecular complexity index is 1520. The summed E-state index contributed by atoms with van der Waals surface area (Å²) in [5.41, 5.74) is 2.86. The highest BCUT2D eigenvalue weighted by atomic mass is 19.1. The average Bonchev–Trinajstić information content (AvgIpc) is 3.01. The lowest BCUT2D eigenvalue weighted by molar-refractivity contribution is 0.0960. The van der Waals surface area contributed by atoms with Gasteiger partial charge in [-0.05, 0) is 57.1 Å². The first kappa shape index (κ1) is 28.4. The Balaban J connectivity index is 1.33. The number of carbonyl (C=O) groups is 1. The molecule has 1 aromatic carbocycles. The quantitative estimate of drug-likeness (QED) is 0.268. The first-order valence-electron chi connectivity index (χ1n) is 14.1. The van der Waals surface area contributed by atoms with Gasteiger partial charge in [-0.3, -0.25) is 9.78 Å². The molecule has 0 spiro atoms. The second kappa shape index (κ2) is 12.1. The van der Waals surface area contributed by atoms with Gasteiger partial charge < -0.3 is 20.9 Å². The van der Waals surface area contributed by atoms with Crippen LogP contribution in [0.3, 0.4) is 0 Å². The molecule has 214 valence electrons. The SMILES string of the molecule is CC[C@@](C)(CNc1cc(-c2ccc(NC3CCN(C)CC3)nc2)ncn1)c1cccc2c(C(=O)NC)c(F)cnc12. The molecule has 0 unspecified atom stereocenters. The topological polar surface area (TPSA) is 108 Å². The molecule has 4 aromatic rings. The molecule has 0 aliphatic carbocycles. The number of amides is 1. The highest BCUT2D eigenvalue weighted by Crippen LogP contribution is 2.34. The maximum absolute atomic E-state index is 14.6. The molecule has 4 heterocycles. The number of carbonyl (C=O) groups excluding carboxylic acids is 1. The van der Waals surface area contributed by atoms with Gasteiger partial charge in [0.15, 0.2) is 5.82 Å². The zero-order valence-corrected chi connectivity index (χ0v) is 24.0. The molecule has 0 bridgehead atoms. The molecular weight excluding hydrogens is 519 g/mol. The molecule has 9 nitrogen and oxygen atoms in total. The smallest absolute Gasteiger partial charge is 0.254 e. The lowest BCUT2D eigenvalue weighted by Gasteiger charge is -2.30. The predicted octanol–water partition coefficient (Wildman–Crippen LogP) is 4.87. The number of fused-ring (bicyclic) bond motifs is 1. The minimum absolute atomic E-state index is 0.00683. The number of halogens is 1. The normalized spacial score (nSPS) is 15.8. The molecule has 5 rings (SSSR count). The van der Waals surface area contributed by atoms with Crippen LogP contribution in [0.5, 0.6) is 0 Å². The van der Waals surface area contributed by atoms with Crippen molar-refractivity contribution in [2.75, 3.05) is 44.4 Å². The van der Waals surface area contributed by atoms with E-state index >= 15 is 0 Å². The molecule has 1 saturated heterocycles. The van der Waals surface area contributed by atoms with Gasteiger partial charge in [-0.1, -0.05) is 32.0 Å². The lowest BCUT2D eigenvalue weighted by Crippen LogP contribution is -2.36. The van der Waals surface area contributed by atoms with Crippen LogP contribution in [0.1, 0.15) is 49.0 Å². The van der Waals surface area contributed by atoms with E-state index in [1.54, 1.807) is 12.4 Å². The summed E-state index contributed by atoms with van der Waals surface area (Å²) in [6, 6.07) is 12.0. The molecule has 10 heteroatoms. The van der Waals surface area contributed by atoms with E-state index in [1.165, 1.54) is 7.05 Å². The number of benzene rings is 1. The largest absolute Gasteiger partial charge is 0.369 e. The second-order valence-corrected chi connectivity index (χ2v) is 11.0. The van der Waals surface area contributed by atoms with Gasteiger partial charge in [0.2, 0.25) is 0 Å². The van der Waals surface area contributed by atoms with Crippen LogP contribution in [0.2, 0.25) is 0 Å². The molecule has 1 aliphatic rings. The van der Waals surface area contributed by atoms with Gasteiger partial charge in [0, 0.05) is 48.3 Å². The molecule has 1 amide bonds. The van der Waals surface area contributed by atoms with Crippen molar-refractivity contribution in [1.82, 2.24) is 30.2 Å². The molecule has 41 heavy (non-hydrogen) atoms. The van der Waals surface area contributed by atoms with Crippen molar-refractivity contribution in [1.29, 1.82) is 0 Å². The maximum Gasteiger partial charge on any atom is 0.254 e. The molecule has 1 aliphatic heterocycles.